The van der Waals surface area contributed by atoms with Crippen molar-refractivity contribution in [2.24, 2.45) is 0 Å². The Morgan fingerprint density at radius 1 is 1.27 bits per heavy atom. The van der Waals surface area contributed by atoms with Crippen molar-refractivity contribution in [1.82, 2.24) is 5.16 Å². The number of carbonyl (C=O) groups is 1. The largest absolute Gasteiger partial charge is 0.493 e. The number of nitrogens with one attached hydrogen (secondary N) is 1. The van der Waals surface area contributed by atoms with Gasteiger partial charge < -0.3 is 14.0 Å². The summed E-state index contributed by atoms with van der Waals surface area (Å²) in [6, 6.07) is 7.19. The minimum absolute atomic E-state index is 0.115. The van der Waals surface area contributed by atoms with Crippen LogP contribution in [0.5, 0.6) is 11.5 Å². The van der Waals surface area contributed by atoms with E-state index in [1.165, 1.54) is 0 Å². The van der Waals surface area contributed by atoms with Gasteiger partial charge in [0.25, 0.3) is 5.91 Å². The standard InChI is InChI=1S/C16H18N2O4/c1-20-13-8-4-5-9-14(13)21-10-15(19)17-16-11-6-2-3-7-12(11)18-22-16/h4-5,8-9H,2-3,6-7,10H2,1H3,(H,17,19). The number of ether oxygens (including phenoxy) is 2. The number of benzene rings is 1. The Bertz CT molecular complexity index is 666. The van der Waals surface area contributed by atoms with E-state index in [1.807, 2.05) is 12.1 Å². The lowest BCUT2D eigenvalue weighted by Gasteiger charge is -2.11. The van der Waals surface area contributed by atoms with Gasteiger partial charge in [-0.2, -0.15) is 0 Å². The van der Waals surface area contributed by atoms with Gasteiger partial charge >= 0.3 is 0 Å². The number of hydrogen-bond acceptors (Lipinski definition) is 5. The van der Waals surface area contributed by atoms with E-state index in [0.717, 1.165) is 36.9 Å². The number of amides is 1. The first-order valence-electron chi connectivity index (χ1n) is 7.31. The summed E-state index contributed by atoms with van der Waals surface area (Å²) in [6.45, 7) is -0.115. The Labute approximate surface area is 128 Å². The molecule has 2 aromatic rings. The average Bonchev–Trinajstić information content (AvgIpc) is 2.96. The van der Waals surface area contributed by atoms with Crippen LogP contribution in [0.4, 0.5) is 5.88 Å². The summed E-state index contributed by atoms with van der Waals surface area (Å²) in [5, 5.41) is 6.73. The van der Waals surface area contributed by atoms with Crippen molar-refractivity contribution in [3.8, 4) is 11.5 Å². The third-order valence-corrected chi connectivity index (χ3v) is 3.64. The molecule has 0 fully saturated rings. The highest BCUT2D eigenvalue weighted by molar-refractivity contribution is 5.91. The highest BCUT2D eigenvalue weighted by atomic mass is 16.5. The van der Waals surface area contributed by atoms with Crippen LogP contribution in [-0.4, -0.2) is 24.8 Å². The van der Waals surface area contributed by atoms with E-state index in [-0.39, 0.29) is 12.5 Å². The van der Waals surface area contributed by atoms with Gasteiger partial charge in [0.2, 0.25) is 5.88 Å². The number of aromatic nitrogens is 1. The molecule has 6 nitrogen and oxygen atoms in total. The van der Waals surface area contributed by atoms with Gasteiger partial charge in [-0.25, -0.2) is 0 Å². The third kappa shape index (κ3) is 3.05. The van der Waals surface area contributed by atoms with Crippen LogP contribution in [0.1, 0.15) is 24.1 Å². The number of hydrogen-bond donors (Lipinski definition) is 1. The number of aryl methyl sites for hydroxylation is 1. The van der Waals surface area contributed by atoms with Gasteiger partial charge in [0.05, 0.1) is 12.8 Å². The van der Waals surface area contributed by atoms with Crippen molar-refractivity contribution in [3.05, 3.63) is 35.5 Å². The molecule has 0 aliphatic heterocycles. The van der Waals surface area contributed by atoms with Crippen LogP contribution in [0.3, 0.4) is 0 Å². The van der Waals surface area contributed by atoms with Gasteiger partial charge in [-0.15, -0.1) is 0 Å². The zero-order valence-corrected chi connectivity index (χ0v) is 12.4. The minimum Gasteiger partial charge on any atom is -0.493 e. The molecule has 1 aliphatic rings. The maximum Gasteiger partial charge on any atom is 0.264 e. The second-order valence-corrected chi connectivity index (χ2v) is 5.13. The summed E-state index contributed by atoms with van der Waals surface area (Å²) < 4.78 is 15.9. The summed E-state index contributed by atoms with van der Waals surface area (Å²) in [5.41, 5.74) is 1.96. The predicted molar refractivity (Wildman–Crippen MR) is 80.3 cm³/mol. The molecular formula is C16H18N2O4. The number of rotatable bonds is 5. The van der Waals surface area contributed by atoms with Crippen LogP contribution in [0, 0.1) is 0 Å². The Kier molecular flexibility index (Phi) is 4.27. The number of carbonyl (C=O) groups excluding carboxylic acids is 1. The molecule has 0 saturated carbocycles. The SMILES string of the molecule is COc1ccccc1OCC(=O)Nc1onc2c1CCCC2. The van der Waals surface area contributed by atoms with E-state index >= 15 is 0 Å². The topological polar surface area (TPSA) is 73.6 Å². The van der Waals surface area contributed by atoms with Crippen LogP contribution in [0.25, 0.3) is 0 Å². The highest BCUT2D eigenvalue weighted by Crippen LogP contribution is 2.28. The van der Waals surface area contributed by atoms with E-state index in [4.69, 9.17) is 14.0 Å². The van der Waals surface area contributed by atoms with Gasteiger partial charge in [-0.3, -0.25) is 10.1 Å². The average molecular weight is 302 g/mol. The maximum atomic E-state index is 12.0. The van der Waals surface area contributed by atoms with Crippen molar-refractivity contribution in [2.75, 3.05) is 19.0 Å². The normalized spacial score (nSPS) is 13.3. The number of fused-ring (bicyclic) bond motifs is 1. The van der Waals surface area contributed by atoms with Gasteiger partial charge in [-0.05, 0) is 37.8 Å². The minimum atomic E-state index is -0.282. The Morgan fingerprint density at radius 2 is 2.05 bits per heavy atom. The van der Waals surface area contributed by atoms with Crippen molar-refractivity contribution >= 4 is 11.8 Å². The smallest absolute Gasteiger partial charge is 0.264 e. The summed E-state index contributed by atoms with van der Waals surface area (Å²) >= 11 is 0. The molecule has 0 bridgehead atoms. The Balaban J connectivity index is 1.60. The fourth-order valence-corrected chi connectivity index (χ4v) is 2.53. The second-order valence-electron chi connectivity index (χ2n) is 5.13. The lowest BCUT2D eigenvalue weighted by atomic mass is 9.98. The maximum absolute atomic E-state index is 12.0. The van der Waals surface area contributed by atoms with Crippen molar-refractivity contribution in [3.63, 3.8) is 0 Å². The van der Waals surface area contributed by atoms with E-state index in [9.17, 15) is 4.79 Å². The number of methoxy groups -OCH3 is 1. The highest BCUT2D eigenvalue weighted by Gasteiger charge is 2.20. The summed E-state index contributed by atoms with van der Waals surface area (Å²) in [7, 11) is 1.56. The predicted octanol–water partition coefficient (Wildman–Crippen LogP) is 2.58. The molecule has 1 aliphatic carbocycles. The zero-order valence-electron chi connectivity index (χ0n) is 12.4. The van der Waals surface area contributed by atoms with Crippen LogP contribution >= 0.6 is 0 Å². The van der Waals surface area contributed by atoms with Crippen molar-refractivity contribution in [1.29, 1.82) is 0 Å². The fraction of sp³-hybridized carbons (Fsp3) is 0.375. The summed E-state index contributed by atoms with van der Waals surface area (Å²) in [5.74, 6) is 1.28. The first-order chi connectivity index (χ1) is 10.8. The molecule has 1 N–H and O–H groups in total. The fourth-order valence-electron chi connectivity index (χ4n) is 2.53. The van der Waals surface area contributed by atoms with Gasteiger partial charge in [0.15, 0.2) is 18.1 Å². The van der Waals surface area contributed by atoms with E-state index in [0.29, 0.717) is 17.4 Å². The molecule has 22 heavy (non-hydrogen) atoms. The zero-order chi connectivity index (χ0) is 15.4. The molecule has 1 aromatic heterocycles. The van der Waals surface area contributed by atoms with E-state index < -0.39 is 0 Å². The van der Waals surface area contributed by atoms with Crippen LogP contribution in [-0.2, 0) is 17.6 Å². The Hall–Kier alpha value is -2.50. The lowest BCUT2D eigenvalue weighted by Crippen LogP contribution is -2.21. The molecule has 0 saturated heterocycles. The molecule has 3 rings (SSSR count). The molecule has 1 aromatic carbocycles. The molecule has 0 atom stereocenters. The van der Waals surface area contributed by atoms with E-state index in [1.54, 1.807) is 19.2 Å². The Morgan fingerprint density at radius 3 is 2.86 bits per heavy atom. The molecule has 1 amide bonds. The first kappa shape index (κ1) is 14.4. The number of anilines is 1. The quantitative estimate of drug-likeness (QED) is 0.919. The molecular weight excluding hydrogens is 284 g/mol. The van der Waals surface area contributed by atoms with Gasteiger partial charge in [0.1, 0.15) is 0 Å². The molecule has 116 valence electrons. The number of para-hydroxylation sites is 2. The molecule has 0 unspecified atom stereocenters. The van der Waals surface area contributed by atoms with Gasteiger partial charge in [0, 0.05) is 5.56 Å². The second kappa shape index (κ2) is 6.51. The molecule has 0 radical (unpaired) electrons. The number of nitrogens with zero attached hydrogens (tertiary/aromatic N) is 1. The van der Waals surface area contributed by atoms with Crippen molar-refractivity contribution < 1.29 is 18.8 Å². The summed E-state index contributed by atoms with van der Waals surface area (Å²) in [4.78, 5) is 12.0. The third-order valence-electron chi connectivity index (χ3n) is 3.64. The van der Waals surface area contributed by atoms with Crippen molar-refractivity contribution in [2.45, 2.75) is 25.7 Å². The molecule has 6 heteroatoms. The van der Waals surface area contributed by atoms with Crippen LogP contribution in [0.15, 0.2) is 28.8 Å². The van der Waals surface area contributed by atoms with E-state index in [2.05, 4.69) is 10.5 Å². The molecule has 0 spiro atoms. The molecule has 1 heterocycles. The summed E-state index contributed by atoms with van der Waals surface area (Å²) in [6.07, 6.45) is 4.01. The van der Waals surface area contributed by atoms with Gasteiger partial charge in [-0.1, -0.05) is 17.3 Å². The van der Waals surface area contributed by atoms with Crippen LogP contribution < -0.4 is 14.8 Å². The lowest BCUT2D eigenvalue weighted by molar-refractivity contribution is -0.118. The first-order valence-corrected chi connectivity index (χ1v) is 7.31. The van der Waals surface area contributed by atoms with Crippen LogP contribution in [0.2, 0.25) is 0 Å². The monoisotopic (exact) mass is 302 g/mol.